The molecule has 0 saturated carbocycles. The molecule has 8 nitrogen and oxygen atoms in total. The van der Waals surface area contributed by atoms with Crippen molar-refractivity contribution in [1.82, 2.24) is 10.1 Å². The second kappa shape index (κ2) is 7.98. The van der Waals surface area contributed by atoms with Gasteiger partial charge in [0.1, 0.15) is 0 Å². The first-order valence-corrected chi connectivity index (χ1v) is 6.00. The van der Waals surface area contributed by atoms with Gasteiger partial charge in [0.15, 0.2) is 0 Å². The van der Waals surface area contributed by atoms with Crippen molar-refractivity contribution >= 4 is 12.4 Å². The molecule has 2 saturated heterocycles. The Morgan fingerprint density at radius 1 is 0.722 bits per heavy atom. The Kier molecular flexibility index (Phi) is 5.86. The molecule has 0 bridgehead atoms. The number of hydrogen-bond acceptors (Lipinski definition) is 8. The summed E-state index contributed by atoms with van der Waals surface area (Å²) in [4.78, 5) is 10.2. The van der Waals surface area contributed by atoms with Gasteiger partial charge in [0.05, 0.1) is 65.0 Å². The molecule has 2 heterocycles. The van der Waals surface area contributed by atoms with Gasteiger partial charge in [-0.1, -0.05) is 10.3 Å². The highest BCUT2D eigenvalue weighted by Crippen LogP contribution is 1.98. The van der Waals surface area contributed by atoms with Crippen LogP contribution in [0.3, 0.4) is 0 Å². The number of hydrogen-bond donors (Lipinski definition) is 0. The Bertz CT molecular complexity index is 247. The molecule has 0 radical (unpaired) electrons. The van der Waals surface area contributed by atoms with Crippen molar-refractivity contribution in [3.63, 3.8) is 0 Å². The van der Waals surface area contributed by atoms with Crippen LogP contribution < -0.4 is 0 Å². The SMILES string of the molecule is C(/C=N/ON1CCOCC1)=N\ON1CCOCC1. The van der Waals surface area contributed by atoms with E-state index >= 15 is 0 Å². The molecule has 2 fully saturated rings. The summed E-state index contributed by atoms with van der Waals surface area (Å²) < 4.78 is 10.4. The third-order valence-electron chi connectivity index (χ3n) is 2.45. The molecule has 8 heteroatoms. The summed E-state index contributed by atoms with van der Waals surface area (Å²) >= 11 is 0. The molecule has 0 amide bonds. The van der Waals surface area contributed by atoms with Gasteiger partial charge in [-0.15, -0.1) is 10.1 Å². The largest absolute Gasteiger partial charge is 0.379 e. The second-order valence-electron chi connectivity index (χ2n) is 3.76. The monoisotopic (exact) mass is 258 g/mol. The van der Waals surface area contributed by atoms with E-state index in [1.807, 2.05) is 0 Å². The Morgan fingerprint density at radius 2 is 1.11 bits per heavy atom. The first-order valence-electron chi connectivity index (χ1n) is 6.00. The minimum Gasteiger partial charge on any atom is -0.379 e. The van der Waals surface area contributed by atoms with Crippen molar-refractivity contribution in [3.05, 3.63) is 0 Å². The number of oxime groups is 2. The van der Waals surface area contributed by atoms with Gasteiger partial charge in [0.2, 0.25) is 0 Å². The lowest BCUT2D eigenvalue weighted by Gasteiger charge is -2.22. The van der Waals surface area contributed by atoms with Crippen molar-refractivity contribution in [1.29, 1.82) is 0 Å². The highest BCUT2D eigenvalue weighted by atomic mass is 16.8. The van der Waals surface area contributed by atoms with Gasteiger partial charge in [0.25, 0.3) is 0 Å². The third-order valence-corrected chi connectivity index (χ3v) is 2.45. The van der Waals surface area contributed by atoms with Gasteiger partial charge in [-0.3, -0.25) is 9.88 Å². The van der Waals surface area contributed by atoms with Crippen LogP contribution in [0.4, 0.5) is 0 Å². The minimum atomic E-state index is 0.670. The number of hydroxylamine groups is 4. The summed E-state index contributed by atoms with van der Waals surface area (Å²) in [7, 11) is 0. The fourth-order valence-electron chi connectivity index (χ4n) is 1.50. The zero-order valence-electron chi connectivity index (χ0n) is 10.2. The quantitative estimate of drug-likeness (QED) is 0.488. The second-order valence-corrected chi connectivity index (χ2v) is 3.76. The fourth-order valence-corrected chi connectivity index (χ4v) is 1.50. The fraction of sp³-hybridized carbons (Fsp3) is 0.800. The van der Waals surface area contributed by atoms with Gasteiger partial charge in [0, 0.05) is 0 Å². The zero-order valence-corrected chi connectivity index (χ0v) is 10.2. The molecule has 0 atom stereocenters. The van der Waals surface area contributed by atoms with Crippen LogP contribution in [0.25, 0.3) is 0 Å². The smallest absolute Gasteiger partial charge is 0.0905 e. The highest BCUT2D eigenvalue weighted by molar-refractivity contribution is 6.15. The maximum absolute atomic E-state index is 5.18. The van der Waals surface area contributed by atoms with Crippen molar-refractivity contribution in [2.24, 2.45) is 10.3 Å². The van der Waals surface area contributed by atoms with E-state index in [1.165, 1.54) is 12.4 Å². The Balaban J connectivity index is 1.55. The molecule has 0 unspecified atom stereocenters. The van der Waals surface area contributed by atoms with Crippen LogP contribution in [0.2, 0.25) is 0 Å². The molecule has 0 aromatic carbocycles. The third kappa shape index (κ3) is 4.96. The summed E-state index contributed by atoms with van der Waals surface area (Å²) in [6.45, 7) is 5.57. The zero-order chi connectivity index (χ0) is 12.5. The van der Waals surface area contributed by atoms with E-state index in [1.54, 1.807) is 10.1 Å². The number of nitrogens with zero attached hydrogens (tertiary/aromatic N) is 4. The predicted molar refractivity (Wildman–Crippen MR) is 63.9 cm³/mol. The van der Waals surface area contributed by atoms with Crippen molar-refractivity contribution < 1.29 is 19.4 Å². The van der Waals surface area contributed by atoms with E-state index < -0.39 is 0 Å². The topological polar surface area (TPSA) is 68.1 Å². The number of morpholine rings is 2. The first-order chi connectivity index (χ1) is 8.95. The van der Waals surface area contributed by atoms with Gasteiger partial charge >= 0.3 is 0 Å². The average molecular weight is 258 g/mol. The summed E-state index contributed by atoms with van der Waals surface area (Å²) in [5.74, 6) is 0. The number of rotatable bonds is 5. The Labute approximate surface area is 106 Å². The first kappa shape index (κ1) is 13.2. The van der Waals surface area contributed by atoms with Crippen molar-refractivity contribution in [3.8, 4) is 0 Å². The molecule has 2 aliphatic heterocycles. The van der Waals surface area contributed by atoms with E-state index in [4.69, 9.17) is 19.4 Å². The Hall–Kier alpha value is -1.22. The standard InChI is InChI=1S/C10H18N4O4/c1(11-17-13-3-7-15-8-4-13)2-12-18-14-5-9-16-10-6-14/h1-2H,3-10H2/b11-1+,12-2+. The lowest BCUT2D eigenvalue weighted by atomic mass is 10.5. The maximum atomic E-state index is 5.18. The molecule has 0 spiro atoms. The molecule has 0 aromatic rings. The van der Waals surface area contributed by atoms with E-state index in [0.717, 1.165) is 26.2 Å². The molecular formula is C10H18N4O4. The predicted octanol–water partition coefficient (Wildman–Crippen LogP) is -0.514. The van der Waals surface area contributed by atoms with Crippen LogP contribution >= 0.6 is 0 Å². The molecule has 18 heavy (non-hydrogen) atoms. The van der Waals surface area contributed by atoms with Crippen LogP contribution in [-0.2, 0) is 19.4 Å². The van der Waals surface area contributed by atoms with E-state index in [-0.39, 0.29) is 0 Å². The summed E-state index contributed by atoms with van der Waals surface area (Å²) in [6.07, 6.45) is 2.88. The maximum Gasteiger partial charge on any atom is 0.0905 e. The Morgan fingerprint density at radius 3 is 1.50 bits per heavy atom. The van der Waals surface area contributed by atoms with Crippen molar-refractivity contribution in [2.75, 3.05) is 52.6 Å². The van der Waals surface area contributed by atoms with E-state index in [9.17, 15) is 0 Å². The highest BCUT2D eigenvalue weighted by Gasteiger charge is 2.11. The normalized spacial score (nSPS) is 23.8. The minimum absolute atomic E-state index is 0.670. The van der Waals surface area contributed by atoms with Gasteiger partial charge < -0.3 is 9.47 Å². The van der Waals surface area contributed by atoms with Gasteiger partial charge in [-0.2, -0.15) is 0 Å². The van der Waals surface area contributed by atoms with E-state index in [2.05, 4.69) is 10.3 Å². The molecule has 0 N–H and O–H groups in total. The molecule has 2 rings (SSSR count). The lowest BCUT2D eigenvalue weighted by molar-refractivity contribution is -0.194. The molecule has 102 valence electrons. The molecule has 0 aromatic heterocycles. The van der Waals surface area contributed by atoms with Gasteiger partial charge in [-0.25, -0.2) is 0 Å². The van der Waals surface area contributed by atoms with Gasteiger partial charge in [-0.05, 0) is 0 Å². The van der Waals surface area contributed by atoms with Crippen molar-refractivity contribution in [2.45, 2.75) is 0 Å². The van der Waals surface area contributed by atoms with Crippen LogP contribution in [0.5, 0.6) is 0 Å². The molecule has 2 aliphatic rings. The summed E-state index contributed by atoms with van der Waals surface area (Å²) in [6, 6.07) is 0. The van der Waals surface area contributed by atoms with Crippen LogP contribution in [0.15, 0.2) is 10.3 Å². The lowest BCUT2D eigenvalue weighted by Crippen LogP contribution is -2.35. The number of ether oxygens (including phenoxy) is 2. The van der Waals surface area contributed by atoms with Crippen LogP contribution in [0, 0.1) is 0 Å². The van der Waals surface area contributed by atoms with Crippen LogP contribution in [0.1, 0.15) is 0 Å². The average Bonchev–Trinajstić information content (AvgIpc) is 2.45. The molecule has 0 aliphatic carbocycles. The van der Waals surface area contributed by atoms with E-state index in [0.29, 0.717) is 26.4 Å². The molecular weight excluding hydrogens is 240 g/mol. The van der Waals surface area contributed by atoms with Crippen LogP contribution in [-0.4, -0.2) is 75.2 Å². The summed E-state index contributed by atoms with van der Waals surface area (Å²) in [5, 5.41) is 11.0. The summed E-state index contributed by atoms with van der Waals surface area (Å²) in [5.41, 5.74) is 0.